The van der Waals surface area contributed by atoms with Gasteiger partial charge in [-0.2, -0.15) is 0 Å². The molecule has 0 aliphatic heterocycles. The average Bonchev–Trinajstić information content (AvgIpc) is 3.00. The second-order valence-corrected chi connectivity index (χ2v) is 19.2. The first-order chi connectivity index (χ1) is 23.4. The van der Waals surface area contributed by atoms with E-state index in [2.05, 4.69) is 151 Å². The maximum atomic E-state index is 11.7. The van der Waals surface area contributed by atoms with Crippen LogP contribution in [-0.4, -0.2) is 39.9 Å². The van der Waals surface area contributed by atoms with Crippen molar-refractivity contribution >= 4 is 14.7 Å². The van der Waals surface area contributed by atoms with Crippen LogP contribution in [0.3, 0.4) is 0 Å². The highest BCUT2D eigenvalue weighted by atomic mass is 31.2. The van der Waals surface area contributed by atoms with Crippen molar-refractivity contribution < 1.29 is 18.2 Å². The minimum atomic E-state index is -2.43. The molecule has 0 aliphatic carbocycles. The highest BCUT2D eigenvalue weighted by Crippen LogP contribution is 2.38. The third-order valence-electron chi connectivity index (χ3n) is 7.01. The smallest absolute Gasteiger partial charge is 0.197 e. The standard InChI is InChI=1S/C44H66O4P2/c1-37(23-15-25-39(3)27-17-29-41(5)31-19-33-43(7)35-47-49(9,10)45)21-13-14-22-38(2)24-16-26-40(4)28-18-30-42(6)32-20-34-44(8)36-48-50(11,12)46/h13-18,21-30,33-34H,19-20,31-32,35-36H2,1-12H3/b14-13+,23-15+,24-16+,27-17+,28-18+,37-21+,38-22+,39-25+,40-26+,41-29+,42-30+,43-33+,44-34+. The van der Waals surface area contributed by atoms with E-state index in [1.165, 1.54) is 33.4 Å². The van der Waals surface area contributed by atoms with Gasteiger partial charge in [0.1, 0.15) is 0 Å². The Hall–Kier alpha value is -3.00. The number of hydrogen-bond donors (Lipinski definition) is 0. The molecule has 4 nitrogen and oxygen atoms in total. The van der Waals surface area contributed by atoms with Gasteiger partial charge in [-0.1, -0.05) is 154 Å². The van der Waals surface area contributed by atoms with Crippen LogP contribution in [-0.2, 0) is 18.2 Å². The molecule has 0 amide bonds. The van der Waals surface area contributed by atoms with Crippen molar-refractivity contribution in [2.45, 2.75) is 81.1 Å². The van der Waals surface area contributed by atoms with Crippen LogP contribution in [0.1, 0.15) is 81.1 Å². The highest BCUT2D eigenvalue weighted by molar-refractivity contribution is 7.57. The van der Waals surface area contributed by atoms with E-state index in [0.717, 1.165) is 36.8 Å². The molecule has 0 spiro atoms. The molecule has 276 valence electrons. The van der Waals surface area contributed by atoms with Crippen LogP contribution >= 0.6 is 14.7 Å². The van der Waals surface area contributed by atoms with Crippen LogP contribution in [0.5, 0.6) is 0 Å². The molecule has 0 aromatic rings. The van der Waals surface area contributed by atoms with Crippen molar-refractivity contribution in [1.29, 1.82) is 0 Å². The van der Waals surface area contributed by atoms with Crippen LogP contribution < -0.4 is 0 Å². The molecule has 0 aromatic carbocycles. The molecule has 6 heteroatoms. The Morgan fingerprint density at radius 3 is 1.00 bits per heavy atom. The zero-order chi connectivity index (χ0) is 38.0. The number of hydrogen-bond acceptors (Lipinski definition) is 4. The monoisotopic (exact) mass is 720 g/mol. The lowest BCUT2D eigenvalue weighted by Crippen LogP contribution is -1.92. The summed E-state index contributed by atoms with van der Waals surface area (Å²) in [4.78, 5) is 0. The fourth-order valence-electron chi connectivity index (χ4n) is 3.96. The predicted octanol–water partition coefficient (Wildman–Crippen LogP) is 14.0. The molecule has 0 radical (unpaired) electrons. The molecule has 50 heavy (non-hydrogen) atoms. The van der Waals surface area contributed by atoms with Crippen molar-refractivity contribution in [3.63, 3.8) is 0 Å². The predicted molar refractivity (Wildman–Crippen MR) is 225 cm³/mol. The summed E-state index contributed by atoms with van der Waals surface area (Å²) in [5, 5.41) is 0. The van der Waals surface area contributed by atoms with Gasteiger partial charge in [-0.15, -0.1) is 0 Å². The second kappa shape index (κ2) is 26.8. The molecule has 0 saturated heterocycles. The van der Waals surface area contributed by atoms with E-state index in [0.29, 0.717) is 13.2 Å². The van der Waals surface area contributed by atoms with E-state index in [1.807, 2.05) is 13.8 Å². The summed E-state index contributed by atoms with van der Waals surface area (Å²) in [7, 11) is -4.85. The average molecular weight is 721 g/mol. The van der Waals surface area contributed by atoms with Gasteiger partial charge < -0.3 is 9.05 Å². The summed E-state index contributed by atoms with van der Waals surface area (Å²) < 4.78 is 34.1. The molecule has 0 fully saturated rings. The first kappa shape index (κ1) is 47.0. The van der Waals surface area contributed by atoms with Crippen molar-refractivity contribution in [3.05, 3.63) is 154 Å². The van der Waals surface area contributed by atoms with Crippen molar-refractivity contribution in [2.24, 2.45) is 0 Å². The molecule has 0 heterocycles. The summed E-state index contributed by atoms with van der Waals surface area (Å²) in [6.07, 6.45) is 41.9. The molecular formula is C44H66O4P2. The molecule has 0 aliphatic rings. The Bertz CT molecular complexity index is 1430. The zero-order valence-electron chi connectivity index (χ0n) is 33.2. The van der Waals surface area contributed by atoms with Gasteiger partial charge in [0.25, 0.3) is 0 Å². The number of rotatable bonds is 22. The summed E-state index contributed by atoms with van der Waals surface area (Å²) in [5.41, 5.74) is 9.60. The Morgan fingerprint density at radius 2 is 0.700 bits per heavy atom. The maximum Gasteiger partial charge on any atom is 0.197 e. The molecule has 0 bridgehead atoms. The van der Waals surface area contributed by atoms with Gasteiger partial charge in [-0.3, -0.25) is 9.13 Å². The van der Waals surface area contributed by atoms with Gasteiger partial charge in [0, 0.05) is 26.7 Å². The van der Waals surface area contributed by atoms with E-state index < -0.39 is 14.7 Å². The van der Waals surface area contributed by atoms with Crippen molar-refractivity contribution in [2.75, 3.05) is 39.9 Å². The SMILES string of the molecule is CC(/C=C/C=C(C)/C=C/C=C(\C)CC/C=C(\C)COP(C)(C)=O)=C\C=C\C=C(C)\C=C\C=C(C)\C=C\C=C(/C)CC/C=C(\C)COP(C)(C)=O. The van der Waals surface area contributed by atoms with E-state index in [1.54, 1.807) is 26.7 Å². The normalized spacial score (nSPS) is 16.2. The third-order valence-corrected chi connectivity index (χ3v) is 8.52. The van der Waals surface area contributed by atoms with E-state index >= 15 is 0 Å². The quantitative estimate of drug-likeness (QED) is 0.0635. The minimum Gasteiger partial charge on any atom is -0.324 e. The summed E-state index contributed by atoms with van der Waals surface area (Å²) in [6.45, 7) is 24.2. The summed E-state index contributed by atoms with van der Waals surface area (Å²) >= 11 is 0. The van der Waals surface area contributed by atoms with Gasteiger partial charge in [0.2, 0.25) is 0 Å². The van der Waals surface area contributed by atoms with Gasteiger partial charge >= 0.3 is 0 Å². The third kappa shape index (κ3) is 32.2. The van der Waals surface area contributed by atoms with Gasteiger partial charge in [0.15, 0.2) is 14.7 Å². The molecule has 0 atom stereocenters. The Morgan fingerprint density at radius 1 is 0.420 bits per heavy atom. The zero-order valence-corrected chi connectivity index (χ0v) is 35.0. The first-order valence-electron chi connectivity index (χ1n) is 17.5. The lowest BCUT2D eigenvalue weighted by atomic mass is 10.1. The van der Waals surface area contributed by atoms with Crippen LogP contribution in [0.2, 0.25) is 0 Å². The minimum absolute atomic E-state index is 0.435. The maximum absolute atomic E-state index is 11.7. The van der Waals surface area contributed by atoms with Gasteiger partial charge in [-0.25, -0.2) is 0 Å². The summed E-state index contributed by atoms with van der Waals surface area (Å²) in [6, 6.07) is 0. The van der Waals surface area contributed by atoms with E-state index in [4.69, 9.17) is 9.05 Å². The molecule has 0 aromatic heterocycles. The van der Waals surface area contributed by atoms with Crippen LogP contribution in [0, 0.1) is 0 Å². The molecule has 0 unspecified atom stereocenters. The largest absolute Gasteiger partial charge is 0.324 e. The lowest BCUT2D eigenvalue weighted by molar-refractivity contribution is 0.351. The van der Waals surface area contributed by atoms with Crippen LogP contribution in [0.25, 0.3) is 0 Å². The topological polar surface area (TPSA) is 52.6 Å². The van der Waals surface area contributed by atoms with Crippen LogP contribution in [0.15, 0.2) is 154 Å². The fraction of sp³-hybridized carbons (Fsp3) is 0.409. The van der Waals surface area contributed by atoms with Crippen molar-refractivity contribution in [1.82, 2.24) is 0 Å². The summed E-state index contributed by atoms with van der Waals surface area (Å²) in [5.74, 6) is 0. The number of allylic oxidation sites excluding steroid dienone is 24. The first-order valence-corrected chi connectivity index (χ1v) is 22.5. The van der Waals surface area contributed by atoms with Gasteiger partial charge in [-0.05, 0) is 81.1 Å². The van der Waals surface area contributed by atoms with Crippen LogP contribution in [0.4, 0.5) is 0 Å². The molecule has 0 N–H and O–H groups in total. The van der Waals surface area contributed by atoms with E-state index in [9.17, 15) is 9.13 Å². The lowest BCUT2D eigenvalue weighted by Gasteiger charge is -2.08. The Labute approximate surface area is 306 Å². The highest BCUT2D eigenvalue weighted by Gasteiger charge is 2.07. The van der Waals surface area contributed by atoms with Crippen molar-refractivity contribution in [3.8, 4) is 0 Å². The Balaban J connectivity index is 4.71. The van der Waals surface area contributed by atoms with E-state index in [-0.39, 0.29) is 0 Å². The molecule has 0 rings (SSSR count). The Kier molecular flexibility index (Phi) is 25.2. The molecule has 0 saturated carbocycles. The second-order valence-electron chi connectivity index (χ2n) is 13.7. The van der Waals surface area contributed by atoms with Gasteiger partial charge in [0.05, 0.1) is 13.2 Å². The fourth-order valence-corrected chi connectivity index (χ4v) is 4.99. The molecular weight excluding hydrogens is 654 g/mol.